The highest BCUT2D eigenvalue weighted by Gasteiger charge is 2.07. The van der Waals surface area contributed by atoms with Gasteiger partial charge in [0, 0.05) is 18.2 Å². The summed E-state index contributed by atoms with van der Waals surface area (Å²) in [5.41, 5.74) is 4.82. The van der Waals surface area contributed by atoms with Gasteiger partial charge in [0.2, 0.25) is 0 Å². The van der Waals surface area contributed by atoms with Crippen molar-refractivity contribution in [2.75, 3.05) is 6.61 Å². The minimum Gasteiger partial charge on any atom is -0.484 e. The summed E-state index contributed by atoms with van der Waals surface area (Å²) >= 11 is 0. The highest BCUT2D eigenvalue weighted by molar-refractivity contribution is 5.93. The van der Waals surface area contributed by atoms with Crippen molar-refractivity contribution in [3.8, 4) is 5.75 Å². The summed E-state index contributed by atoms with van der Waals surface area (Å²) in [6.45, 7) is -0.389. The van der Waals surface area contributed by atoms with Crippen molar-refractivity contribution in [1.82, 2.24) is 10.9 Å². The summed E-state index contributed by atoms with van der Waals surface area (Å²) in [5, 5.41) is 10.5. The number of nitro groups is 1. The van der Waals surface area contributed by atoms with Gasteiger partial charge in [-0.05, 0) is 35.9 Å². The number of non-ortho nitro benzene ring substituents is 1. The van der Waals surface area contributed by atoms with Crippen molar-refractivity contribution in [2.24, 2.45) is 0 Å². The molecule has 8 nitrogen and oxygen atoms in total. The lowest BCUT2D eigenvalue weighted by Crippen LogP contribution is -2.43. The van der Waals surface area contributed by atoms with Crippen LogP contribution in [-0.4, -0.2) is 23.3 Å². The predicted octanol–water partition coefficient (Wildman–Crippen LogP) is 1.97. The van der Waals surface area contributed by atoms with E-state index in [-0.39, 0.29) is 23.9 Å². The SMILES string of the molecule is O=C(/C=C/c1ccc(F)cc1)NNC(=O)COc1ccc([N+](=O)[O-])cc1. The maximum absolute atomic E-state index is 12.8. The number of nitrogens with zero attached hydrogens (tertiary/aromatic N) is 1. The average molecular weight is 359 g/mol. The van der Waals surface area contributed by atoms with Gasteiger partial charge in [0.15, 0.2) is 6.61 Å². The number of carbonyl (C=O) groups excluding carboxylic acids is 2. The van der Waals surface area contributed by atoms with Crippen LogP contribution in [0.3, 0.4) is 0 Å². The van der Waals surface area contributed by atoms with E-state index in [4.69, 9.17) is 4.74 Å². The Hall–Kier alpha value is -3.75. The van der Waals surface area contributed by atoms with Gasteiger partial charge in [-0.15, -0.1) is 0 Å². The maximum Gasteiger partial charge on any atom is 0.276 e. The van der Waals surface area contributed by atoms with Gasteiger partial charge >= 0.3 is 0 Å². The van der Waals surface area contributed by atoms with E-state index in [1.807, 2.05) is 0 Å². The minimum atomic E-state index is -0.619. The number of nitrogens with one attached hydrogen (secondary N) is 2. The molecule has 2 N–H and O–H groups in total. The Morgan fingerprint density at radius 1 is 1.08 bits per heavy atom. The first-order valence-electron chi connectivity index (χ1n) is 7.34. The van der Waals surface area contributed by atoms with Crippen LogP contribution in [0.15, 0.2) is 54.6 Å². The zero-order valence-electron chi connectivity index (χ0n) is 13.3. The zero-order chi connectivity index (χ0) is 18.9. The molecule has 0 aliphatic carbocycles. The Morgan fingerprint density at radius 2 is 1.73 bits per heavy atom. The molecule has 2 aromatic carbocycles. The fraction of sp³-hybridized carbons (Fsp3) is 0.0588. The van der Waals surface area contributed by atoms with Crippen LogP contribution in [-0.2, 0) is 9.59 Å². The summed E-state index contributed by atoms with van der Waals surface area (Å²) in [6.07, 6.45) is 2.62. The lowest BCUT2D eigenvalue weighted by Gasteiger charge is -2.07. The summed E-state index contributed by atoms with van der Waals surface area (Å²) in [5.74, 6) is -1.31. The monoisotopic (exact) mass is 359 g/mol. The number of hydrogen-bond acceptors (Lipinski definition) is 5. The number of nitro benzene ring substituents is 1. The molecule has 0 aliphatic rings. The second kappa shape index (κ2) is 8.92. The molecule has 0 radical (unpaired) electrons. The number of halogens is 1. The van der Waals surface area contributed by atoms with Crippen molar-refractivity contribution in [1.29, 1.82) is 0 Å². The first-order chi connectivity index (χ1) is 12.4. The zero-order valence-corrected chi connectivity index (χ0v) is 13.3. The van der Waals surface area contributed by atoms with E-state index in [0.29, 0.717) is 5.56 Å². The van der Waals surface area contributed by atoms with E-state index < -0.39 is 16.7 Å². The average Bonchev–Trinajstić information content (AvgIpc) is 2.64. The minimum absolute atomic E-state index is 0.0954. The second-order valence-corrected chi connectivity index (χ2v) is 4.96. The molecule has 0 spiro atoms. The molecule has 0 saturated carbocycles. The highest BCUT2D eigenvalue weighted by atomic mass is 19.1. The van der Waals surface area contributed by atoms with Crippen molar-refractivity contribution >= 4 is 23.6 Å². The molecule has 0 unspecified atom stereocenters. The van der Waals surface area contributed by atoms with Crippen LogP contribution in [0.25, 0.3) is 6.08 Å². The van der Waals surface area contributed by atoms with Gasteiger partial charge in [-0.3, -0.25) is 30.6 Å². The molecule has 0 aromatic heterocycles. The van der Waals surface area contributed by atoms with Gasteiger partial charge in [0.1, 0.15) is 11.6 Å². The molecule has 9 heteroatoms. The van der Waals surface area contributed by atoms with Crippen LogP contribution in [0, 0.1) is 15.9 Å². The molecule has 26 heavy (non-hydrogen) atoms. The molecule has 0 atom stereocenters. The first kappa shape index (κ1) is 18.6. The molecular formula is C17H14FN3O5. The fourth-order valence-electron chi connectivity index (χ4n) is 1.77. The largest absolute Gasteiger partial charge is 0.484 e. The van der Waals surface area contributed by atoms with Gasteiger partial charge in [-0.1, -0.05) is 12.1 Å². The third-order valence-electron chi connectivity index (χ3n) is 3.04. The van der Waals surface area contributed by atoms with E-state index in [1.165, 1.54) is 60.7 Å². The Labute approximate surface area is 147 Å². The lowest BCUT2D eigenvalue weighted by atomic mass is 10.2. The van der Waals surface area contributed by atoms with E-state index in [1.54, 1.807) is 0 Å². The van der Waals surface area contributed by atoms with Crippen molar-refractivity contribution in [3.63, 3.8) is 0 Å². The lowest BCUT2D eigenvalue weighted by molar-refractivity contribution is -0.384. The van der Waals surface area contributed by atoms with Gasteiger partial charge in [0.25, 0.3) is 17.5 Å². The summed E-state index contributed by atoms with van der Waals surface area (Å²) in [6, 6.07) is 10.7. The summed E-state index contributed by atoms with van der Waals surface area (Å²) < 4.78 is 17.9. The standard InChI is InChI=1S/C17H14FN3O5/c18-13-4-1-12(2-5-13)3-10-16(22)19-20-17(23)11-26-15-8-6-14(7-9-15)21(24)25/h1-10H,11H2,(H,19,22)(H,20,23)/b10-3+. The topological polar surface area (TPSA) is 111 Å². The Kier molecular flexibility index (Phi) is 6.38. The van der Waals surface area contributed by atoms with Gasteiger partial charge in [-0.25, -0.2) is 4.39 Å². The van der Waals surface area contributed by atoms with Crippen LogP contribution >= 0.6 is 0 Å². The van der Waals surface area contributed by atoms with Gasteiger partial charge < -0.3 is 4.74 Å². The molecular weight excluding hydrogens is 345 g/mol. The summed E-state index contributed by atoms with van der Waals surface area (Å²) in [7, 11) is 0. The van der Waals surface area contributed by atoms with Crippen LogP contribution < -0.4 is 15.6 Å². The number of benzene rings is 2. The van der Waals surface area contributed by atoms with E-state index >= 15 is 0 Å². The molecule has 0 bridgehead atoms. The summed E-state index contributed by atoms with van der Waals surface area (Å²) in [4.78, 5) is 33.1. The number of rotatable bonds is 6. The molecule has 0 fully saturated rings. The normalized spacial score (nSPS) is 10.3. The Bertz CT molecular complexity index is 819. The number of carbonyl (C=O) groups is 2. The number of hydrogen-bond donors (Lipinski definition) is 2. The van der Waals surface area contributed by atoms with Crippen LogP contribution in [0.1, 0.15) is 5.56 Å². The van der Waals surface area contributed by atoms with Gasteiger partial charge in [0.05, 0.1) is 4.92 Å². The van der Waals surface area contributed by atoms with E-state index in [0.717, 1.165) is 0 Å². The van der Waals surface area contributed by atoms with Crippen molar-refractivity contribution in [3.05, 3.63) is 76.1 Å². The highest BCUT2D eigenvalue weighted by Crippen LogP contribution is 2.16. The molecule has 0 saturated heterocycles. The quantitative estimate of drug-likeness (QED) is 0.465. The number of hydrazine groups is 1. The molecule has 0 aliphatic heterocycles. The van der Waals surface area contributed by atoms with Crippen LogP contribution in [0.5, 0.6) is 5.75 Å². The third-order valence-corrected chi connectivity index (χ3v) is 3.04. The number of amides is 2. The second-order valence-electron chi connectivity index (χ2n) is 4.96. The third kappa shape index (κ3) is 6.04. The molecule has 0 heterocycles. The van der Waals surface area contributed by atoms with E-state index in [9.17, 15) is 24.1 Å². The van der Waals surface area contributed by atoms with E-state index in [2.05, 4.69) is 10.9 Å². The Balaban J connectivity index is 1.73. The van der Waals surface area contributed by atoms with Crippen LogP contribution in [0.2, 0.25) is 0 Å². The smallest absolute Gasteiger partial charge is 0.276 e. The molecule has 2 rings (SSSR count). The van der Waals surface area contributed by atoms with Gasteiger partial charge in [-0.2, -0.15) is 0 Å². The fourth-order valence-corrected chi connectivity index (χ4v) is 1.77. The maximum atomic E-state index is 12.8. The number of ether oxygens (including phenoxy) is 1. The predicted molar refractivity (Wildman–Crippen MR) is 90.3 cm³/mol. The first-order valence-corrected chi connectivity index (χ1v) is 7.34. The molecule has 2 aromatic rings. The van der Waals surface area contributed by atoms with Crippen LogP contribution in [0.4, 0.5) is 10.1 Å². The van der Waals surface area contributed by atoms with Crippen molar-refractivity contribution < 1.29 is 23.6 Å². The molecule has 2 amide bonds. The Morgan fingerprint density at radius 3 is 2.35 bits per heavy atom. The van der Waals surface area contributed by atoms with Crippen molar-refractivity contribution in [2.45, 2.75) is 0 Å². The molecule has 134 valence electrons.